The number of aliphatic hydroxyl groups is 2. The van der Waals surface area contributed by atoms with Crippen LogP contribution in [0.1, 0.15) is 25.8 Å². The number of hydrogen-bond donors (Lipinski definition) is 2. The van der Waals surface area contributed by atoms with Gasteiger partial charge in [0.2, 0.25) is 11.8 Å². The van der Waals surface area contributed by atoms with E-state index in [1.165, 1.54) is 0 Å². The number of aromatic nitrogens is 1. The minimum absolute atomic E-state index is 0.189. The van der Waals surface area contributed by atoms with Crippen LogP contribution in [0.15, 0.2) is 30.5 Å². The van der Waals surface area contributed by atoms with Gasteiger partial charge in [0.1, 0.15) is 11.7 Å². The summed E-state index contributed by atoms with van der Waals surface area (Å²) in [6.07, 6.45) is 0.831. The number of pyridine rings is 1. The van der Waals surface area contributed by atoms with Crippen LogP contribution in [0.5, 0.6) is 0 Å². The van der Waals surface area contributed by atoms with Crippen molar-refractivity contribution >= 4 is 28.4 Å². The van der Waals surface area contributed by atoms with Crippen molar-refractivity contribution in [1.29, 1.82) is 5.26 Å². The Morgan fingerprint density at radius 3 is 2.77 bits per heavy atom. The summed E-state index contributed by atoms with van der Waals surface area (Å²) in [5.41, 5.74) is -1.17. The topological polar surface area (TPSA) is 124 Å². The Hall–Kier alpha value is -2.86. The molecule has 4 heterocycles. The number of amides is 2. The fraction of sp³-hybridized carbons (Fsp3) is 0.455. The highest BCUT2D eigenvalue weighted by molar-refractivity contribution is 6.26. The summed E-state index contributed by atoms with van der Waals surface area (Å²) < 4.78 is 6.19. The standard InChI is InChI=1S/C22H21N3O5/c1-11(10-26)22-8-15(27)21(2,30-22)16-17(22)20(29)25(19(16)28)14-6-5-12(9-23)18-13(14)4-3-7-24-18/h3-7,11,15-17,26-27H,8,10H2,1-2H3/t11?,15-,16-,17+,21?,22?/m0/s1. The second-order valence-electron chi connectivity index (χ2n) is 8.66. The molecule has 1 aromatic carbocycles. The monoisotopic (exact) mass is 407 g/mol. The van der Waals surface area contributed by atoms with Crippen LogP contribution in [-0.2, 0) is 14.3 Å². The Bertz CT molecular complexity index is 1140. The van der Waals surface area contributed by atoms with Crippen LogP contribution >= 0.6 is 0 Å². The lowest BCUT2D eigenvalue weighted by Crippen LogP contribution is -2.51. The molecular formula is C22H21N3O5. The number of fused-ring (bicyclic) bond motifs is 6. The minimum Gasteiger partial charge on any atom is -0.396 e. The van der Waals surface area contributed by atoms with Gasteiger partial charge in [-0.15, -0.1) is 0 Å². The highest BCUT2D eigenvalue weighted by Gasteiger charge is 2.78. The molecule has 0 spiro atoms. The third-order valence-corrected chi connectivity index (χ3v) is 7.25. The van der Waals surface area contributed by atoms with Crippen molar-refractivity contribution in [2.24, 2.45) is 17.8 Å². The van der Waals surface area contributed by atoms with E-state index in [-0.39, 0.29) is 13.0 Å². The lowest BCUT2D eigenvalue weighted by molar-refractivity contribution is -0.138. The number of carbonyl (C=O) groups excluding carboxylic acids is 2. The Labute approximate surface area is 172 Å². The lowest BCUT2D eigenvalue weighted by Gasteiger charge is -2.36. The van der Waals surface area contributed by atoms with Gasteiger partial charge in [-0.05, 0) is 31.2 Å². The van der Waals surface area contributed by atoms with Crippen molar-refractivity contribution in [2.45, 2.75) is 37.6 Å². The molecule has 8 nitrogen and oxygen atoms in total. The first-order valence-electron chi connectivity index (χ1n) is 9.95. The zero-order valence-corrected chi connectivity index (χ0v) is 16.6. The van der Waals surface area contributed by atoms with Crippen LogP contribution in [0.4, 0.5) is 5.69 Å². The van der Waals surface area contributed by atoms with Crippen molar-refractivity contribution in [3.05, 3.63) is 36.0 Å². The van der Waals surface area contributed by atoms with Gasteiger partial charge in [-0.2, -0.15) is 5.26 Å². The molecule has 1 aromatic heterocycles. The Morgan fingerprint density at radius 2 is 2.07 bits per heavy atom. The molecule has 2 bridgehead atoms. The zero-order chi connectivity index (χ0) is 21.4. The number of carbonyl (C=O) groups is 2. The first-order valence-corrected chi connectivity index (χ1v) is 9.95. The van der Waals surface area contributed by atoms with Crippen LogP contribution in [0.25, 0.3) is 10.9 Å². The molecule has 3 aliphatic rings. The summed E-state index contributed by atoms with van der Waals surface area (Å²) >= 11 is 0. The van der Waals surface area contributed by atoms with Gasteiger partial charge in [-0.25, -0.2) is 4.90 Å². The van der Waals surface area contributed by atoms with E-state index in [1.54, 1.807) is 44.3 Å². The molecule has 8 heteroatoms. The number of ether oxygens (including phenoxy) is 1. The fourth-order valence-corrected chi connectivity index (χ4v) is 5.67. The maximum absolute atomic E-state index is 13.6. The lowest BCUT2D eigenvalue weighted by atomic mass is 9.63. The molecule has 6 atom stereocenters. The third-order valence-electron chi connectivity index (χ3n) is 7.25. The van der Waals surface area contributed by atoms with E-state index in [4.69, 9.17) is 4.74 Å². The maximum atomic E-state index is 13.6. The molecule has 30 heavy (non-hydrogen) atoms. The van der Waals surface area contributed by atoms with E-state index in [1.807, 2.05) is 0 Å². The number of benzene rings is 1. The molecule has 2 aromatic rings. The molecule has 5 rings (SSSR count). The van der Waals surface area contributed by atoms with Crippen molar-refractivity contribution in [3.8, 4) is 6.07 Å². The van der Waals surface area contributed by atoms with Gasteiger partial charge in [0.15, 0.2) is 0 Å². The molecule has 0 aliphatic carbocycles. The summed E-state index contributed by atoms with van der Waals surface area (Å²) in [5, 5.41) is 30.4. The summed E-state index contributed by atoms with van der Waals surface area (Å²) in [6.45, 7) is 3.21. The van der Waals surface area contributed by atoms with Crippen molar-refractivity contribution in [2.75, 3.05) is 11.5 Å². The molecule has 0 saturated carbocycles. The molecule has 3 saturated heterocycles. The molecule has 0 radical (unpaired) electrons. The van der Waals surface area contributed by atoms with Crippen LogP contribution in [-0.4, -0.2) is 50.9 Å². The molecular weight excluding hydrogens is 386 g/mol. The second kappa shape index (κ2) is 6.08. The van der Waals surface area contributed by atoms with Gasteiger partial charge in [0, 0.05) is 30.5 Å². The van der Waals surface area contributed by atoms with Crippen molar-refractivity contribution in [1.82, 2.24) is 4.98 Å². The molecule has 3 aliphatic heterocycles. The first-order chi connectivity index (χ1) is 14.3. The van der Waals surface area contributed by atoms with Gasteiger partial charge in [-0.3, -0.25) is 14.6 Å². The van der Waals surface area contributed by atoms with Gasteiger partial charge in [0.05, 0.1) is 40.3 Å². The van der Waals surface area contributed by atoms with E-state index >= 15 is 0 Å². The summed E-state index contributed by atoms with van der Waals surface area (Å²) in [5.74, 6) is -2.91. The first kappa shape index (κ1) is 19.1. The van der Waals surface area contributed by atoms with Crippen LogP contribution < -0.4 is 4.90 Å². The molecule has 2 amide bonds. The molecule has 2 N–H and O–H groups in total. The van der Waals surface area contributed by atoms with Gasteiger partial charge in [-0.1, -0.05) is 6.92 Å². The number of anilines is 1. The van der Waals surface area contributed by atoms with E-state index < -0.39 is 46.9 Å². The predicted octanol–water partition coefficient (Wildman–Crippen LogP) is 1.13. The third kappa shape index (κ3) is 2.07. The second-order valence-corrected chi connectivity index (χ2v) is 8.66. The highest BCUT2D eigenvalue weighted by Crippen LogP contribution is 2.63. The number of nitriles is 1. The average molecular weight is 407 g/mol. The molecule has 3 fully saturated rings. The zero-order valence-electron chi connectivity index (χ0n) is 16.6. The largest absolute Gasteiger partial charge is 0.396 e. The quantitative estimate of drug-likeness (QED) is 0.731. The van der Waals surface area contributed by atoms with Crippen LogP contribution in [0.2, 0.25) is 0 Å². The van der Waals surface area contributed by atoms with Gasteiger partial charge < -0.3 is 14.9 Å². The number of aliphatic hydroxyl groups excluding tert-OH is 2. The smallest absolute Gasteiger partial charge is 0.240 e. The van der Waals surface area contributed by atoms with Crippen LogP contribution in [0, 0.1) is 29.1 Å². The average Bonchev–Trinajstić information content (AvgIpc) is 3.29. The minimum atomic E-state index is -1.20. The number of rotatable bonds is 3. The number of imide groups is 1. The Morgan fingerprint density at radius 1 is 1.33 bits per heavy atom. The molecule has 3 unspecified atom stereocenters. The predicted molar refractivity (Wildman–Crippen MR) is 105 cm³/mol. The normalized spacial score (nSPS) is 35.7. The number of nitrogens with zero attached hydrogens (tertiary/aromatic N) is 3. The molecule has 154 valence electrons. The van der Waals surface area contributed by atoms with Gasteiger partial charge >= 0.3 is 0 Å². The highest BCUT2D eigenvalue weighted by atomic mass is 16.6. The van der Waals surface area contributed by atoms with E-state index in [9.17, 15) is 25.1 Å². The number of hydrogen-bond acceptors (Lipinski definition) is 7. The van der Waals surface area contributed by atoms with Crippen LogP contribution in [0.3, 0.4) is 0 Å². The van der Waals surface area contributed by atoms with E-state index in [0.717, 1.165) is 4.90 Å². The summed E-state index contributed by atoms with van der Waals surface area (Å²) in [4.78, 5) is 32.6. The van der Waals surface area contributed by atoms with E-state index in [2.05, 4.69) is 11.1 Å². The Kier molecular flexibility index (Phi) is 3.87. The summed E-state index contributed by atoms with van der Waals surface area (Å²) in [7, 11) is 0. The van der Waals surface area contributed by atoms with Gasteiger partial charge in [0.25, 0.3) is 0 Å². The Balaban J connectivity index is 1.69. The summed E-state index contributed by atoms with van der Waals surface area (Å²) in [6, 6.07) is 8.63. The fourth-order valence-electron chi connectivity index (χ4n) is 5.67. The maximum Gasteiger partial charge on any atom is 0.240 e. The van der Waals surface area contributed by atoms with Crippen molar-refractivity contribution < 1.29 is 24.5 Å². The van der Waals surface area contributed by atoms with Crippen molar-refractivity contribution in [3.63, 3.8) is 0 Å². The van der Waals surface area contributed by atoms with E-state index in [0.29, 0.717) is 22.2 Å². The SMILES string of the molecule is CC(CO)C12C[C@H](O)C(C)(O1)[C@@H]1C(=O)N(c3ccc(C#N)c4ncccc34)C(=O)[C@@H]12.